The second kappa shape index (κ2) is 7.47. The van der Waals surface area contributed by atoms with Crippen molar-refractivity contribution >= 4 is 11.7 Å². The number of amides is 1. The summed E-state index contributed by atoms with van der Waals surface area (Å²) in [6.07, 6.45) is 2.48. The standard InChI is InChI=1S/C20H20FNO3/c21-14-9-7-13(8-10-14)18(23)4-2-6-20(25)22-17-12-11-16-15(17)3-1-5-19(16)24/h1,3,5,7-10,17,24H,2,4,6,11-12H2,(H,22,25). The van der Waals surface area contributed by atoms with Crippen molar-refractivity contribution in [2.45, 2.75) is 38.1 Å². The van der Waals surface area contributed by atoms with E-state index < -0.39 is 0 Å². The van der Waals surface area contributed by atoms with Crippen LogP contribution in [0.1, 0.15) is 53.2 Å². The predicted octanol–water partition coefficient (Wildman–Crippen LogP) is 3.69. The molecule has 1 atom stereocenters. The second-order valence-corrected chi connectivity index (χ2v) is 6.29. The van der Waals surface area contributed by atoms with Gasteiger partial charge in [0, 0.05) is 18.4 Å². The quantitative estimate of drug-likeness (QED) is 0.788. The molecule has 3 rings (SSSR count). The Morgan fingerprint density at radius 2 is 1.88 bits per heavy atom. The Hall–Kier alpha value is -2.69. The first-order chi connectivity index (χ1) is 12.0. The van der Waals surface area contributed by atoms with Crippen LogP contribution in [0.5, 0.6) is 5.75 Å². The fraction of sp³-hybridized carbons (Fsp3) is 0.300. The molecule has 0 saturated heterocycles. The highest BCUT2D eigenvalue weighted by Crippen LogP contribution is 2.36. The van der Waals surface area contributed by atoms with E-state index in [-0.39, 0.29) is 42.1 Å². The Balaban J connectivity index is 1.47. The SMILES string of the molecule is O=C(CCCC(=O)c1ccc(F)cc1)NC1CCc2c(O)cccc21. The summed E-state index contributed by atoms with van der Waals surface area (Å²) >= 11 is 0. The first-order valence-electron chi connectivity index (χ1n) is 8.43. The first kappa shape index (κ1) is 17.1. The third kappa shape index (κ3) is 4.05. The number of aromatic hydroxyl groups is 1. The molecule has 1 amide bonds. The Labute approximate surface area is 145 Å². The van der Waals surface area contributed by atoms with Crippen LogP contribution >= 0.6 is 0 Å². The second-order valence-electron chi connectivity index (χ2n) is 6.29. The molecule has 0 bridgehead atoms. The molecule has 0 heterocycles. The number of hydrogen-bond acceptors (Lipinski definition) is 3. The van der Waals surface area contributed by atoms with Gasteiger partial charge in [0.25, 0.3) is 0 Å². The molecule has 25 heavy (non-hydrogen) atoms. The monoisotopic (exact) mass is 341 g/mol. The molecule has 1 aliphatic rings. The van der Waals surface area contributed by atoms with E-state index in [2.05, 4.69) is 5.32 Å². The number of carbonyl (C=O) groups is 2. The van der Waals surface area contributed by atoms with Crippen LogP contribution in [0, 0.1) is 5.82 Å². The average Bonchev–Trinajstić information content (AvgIpc) is 3.00. The van der Waals surface area contributed by atoms with Gasteiger partial charge in [0.2, 0.25) is 5.91 Å². The van der Waals surface area contributed by atoms with Crippen LogP contribution in [0.15, 0.2) is 42.5 Å². The maximum absolute atomic E-state index is 12.9. The largest absolute Gasteiger partial charge is 0.508 e. The Morgan fingerprint density at radius 1 is 1.12 bits per heavy atom. The van der Waals surface area contributed by atoms with E-state index in [1.54, 1.807) is 12.1 Å². The molecule has 2 N–H and O–H groups in total. The van der Waals surface area contributed by atoms with Gasteiger partial charge in [-0.2, -0.15) is 0 Å². The number of carbonyl (C=O) groups excluding carboxylic acids is 2. The Kier molecular flexibility index (Phi) is 5.12. The summed E-state index contributed by atoms with van der Waals surface area (Å²) in [4.78, 5) is 24.1. The van der Waals surface area contributed by atoms with Gasteiger partial charge in [0.05, 0.1) is 6.04 Å². The van der Waals surface area contributed by atoms with Crippen LogP contribution < -0.4 is 5.32 Å². The first-order valence-corrected chi connectivity index (χ1v) is 8.43. The molecular formula is C20H20FNO3. The molecule has 2 aromatic carbocycles. The molecular weight excluding hydrogens is 321 g/mol. The van der Waals surface area contributed by atoms with Crippen molar-refractivity contribution in [2.24, 2.45) is 0 Å². The van der Waals surface area contributed by atoms with Gasteiger partial charge in [-0.15, -0.1) is 0 Å². The lowest BCUT2D eigenvalue weighted by Crippen LogP contribution is -2.26. The Bertz CT molecular complexity index is 786. The van der Waals surface area contributed by atoms with E-state index in [9.17, 15) is 19.1 Å². The zero-order valence-electron chi connectivity index (χ0n) is 13.8. The summed E-state index contributed by atoms with van der Waals surface area (Å²) in [7, 11) is 0. The topological polar surface area (TPSA) is 66.4 Å². The van der Waals surface area contributed by atoms with Gasteiger partial charge in [-0.25, -0.2) is 4.39 Å². The molecule has 4 nitrogen and oxygen atoms in total. The molecule has 0 saturated carbocycles. The van der Waals surface area contributed by atoms with Gasteiger partial charge >= 0.3 is 0 Å². The molecule has 1 unspecified atom stereocenters. The summed E-state index contributed by atoms with van der Waals surface area (Å²) in [5.41, 5.74) is 2.33. The van der Waals surface area contributed by atoms with Crippen LogP contribution in [0.3, 0.4) is 0 Å². The smallest absolute Gasteiger partial charge is 0.220 e. The number of benzene rings is 2. The number of nitrogens with one attached hydrogen (secondary N) is 1. The van der Waals surface area contributed by atoms with E-state index >= 15 is 0 Å². The van der Waals surface area contributed by atoms with E-state index in [4.69, 9.17) is 0 Å². The van der Waals surface area contributed by atoms with Crippen molar-refractivity contribution in [2.75, 3.05) is 0 Å². The number of ketones is 1. The van der Waals surface area contributed by atoms with Gasteiger partial charge in [0.15, 0.2) is 5.78 Å². The minimum absolute atomic E-state index is 0.0811. The number of halogens is 1. The highest BCUT2D eigenvalue weighted by molar-refractivity contribution is 5.96. The van der Waals surface area contributed by atoms with Crippen molar-refractivity contribution in [3.05, 3.63) is 65.0 Å². The van der Waals surface area contributed by atoms with Gasteiger partial charge in [-0.1, -0.05) is 12.1 Å². The normalized spacial score (nSPS) is 15.6. The number of hydrogen-bond donors (Lipinski definition) is 2. The lowest BCUT2D eigenvalue weighted by Gasteiger charge is -2.14. The summed E-state index contributed by atoms with van der Waals surface area (Å²) in [6, 6.07) is 10.7. The highest BCUT2D eigenvalue weighted by Gasteiger charge is 2.25. The van der Waals surface area contributed by atoms with Crippen molar-refractivity contribution in [3.63, 3.8) is 0 Å². The average molecular weight is 341 g/mol. The molecule has 0 radical (unpaired) electrons. The molecule has 2 aromatic rings. The summed E-state index contributed by atoms with van der Waals surface area (Å²) in [5, 5.41) is 12.8. The Morgan fingerprint density at radius 3 is 2.64 bits per heavy atom. The number of Topliss-reactive ketones (excluding diaryl/α,β-unsaturated/α-hetero) is 1. The third-order valence-corrected chi connectivity index (χ3v) is 4.56. The lowest BCUT2D eigenvalue weighted by atomic mass is 10.0. The van der Waals surface area contributed by atoms with Crippen LogP contribution in [-0.2, 0) is 11.2 Å². The number of phenols is 1. The maximum Gasteiger partial charge on any atom is 0.220 e. The minimum Gasteiger partial charge on any atom is -0.508 e. The zero-order valence-corrected chi connectivity index (χ0v) is 13.8. The van der Waals surface area contributed by atoms with Gasteiger partial charge in [-0.05, 0) is 60.7 Å². The minimum atomic E-state index is -0.376. The van der Waals surface area contributed by atoms with E-state index in [1.165, 1.54) is 24.3 Å². The lowest BCUT2D eigenvalue weighted by molar-refractivity contribution is -0.121. The van der Waals surface area contributed by atoms with Gasteiger partial charge in [0.1, 0.15) is 11.6 Å². The fourth-order valence-electron chi connectivity index (χ4n) is 3.24. The molecule has 0 fully saturated rings. The number of fused-ring (bicyclic) bond motifs is 1. The van der Waals surface area contributed by atoms with Crippen LogP contribution in [0.2, 0.25) is 0 Å². The maximum atomic E-state index is 12.9. The van der Waals surface area contributed by atoms with Crippen LogP contribution in [0.25, 0.3) is 0 Å². The third-order valence-electron chi connectivity index (χ3n) is 4.56. The molecule has 0 aliphatic heterocycles. The molecule has 0 spiro atoms. The van der Waals surface area contributed by atoms with Gasteiger partial charge < -0.3 is 10.4 Å². The van der Waals surface area contributed by atoms with Crippen LogP contribution in [-0.4, -0.2) is 16.8 Å². The van der Waals surface area contributed by atoms with Crippen LogP contribution in [0.4, 0.5) is 4.39 Å². The molecule has 0 aromatic heterocycles. The van der Waals surface area contributed by atoms with Gasteiger partial charge in [-0.3, -0.25) is 9.59 Å². The predicted molar refractivity (Wildman–Crippen MR) is 91.9 cm³/mol. The highest BCUT2D eigenvalue weighted by atomic mass is 19.1. The zero-order chi connectivity index (χ0) is 17.8. The fourth-order valence-corrected chi connectivity index (χ4v) is 3.24. The molecule has 1 aliphatic carbocycles. The summed E-state index contributed by atoms with van der Waals surface area (Å²) < 4.78 is 12.9. The van der Waals surface area contributed by atoms with E-state index in [1.807, 2.05) is 6.07 Å². The number of phenolic OH excluding ortho intramolecular Hbond substituents is 1. The van der Waals surface area contributed by atoms with Crippen molar-refractivity contribution in [1.82, 2.24) is 5.32 Å². The van der Waals surface area contributed by atoms with Crippen molar-refractivity contribution in [3.8, 4) is 5.75 Å². The number of rotatable bonds is 6. The molecule has 5 heteroatoms. The van der Waals surface area contributed by atoms with Crippen molar-refractivity contribution < 1.29 is 19.1 Å². The van der Waals surface area contributed by atoms with E-state index in [0.717, 1.165) is 24.0 Å². The molecule has 130 valence electrons. The van der Waals surface area contributed by atoms with Crippen molar-refractivity contribution in [1.29, 1.82) is 0 Å². The summed E-state index contributed by atoms with van der Waals surface area (Å²) in [6.45, 7) is 0. The summed E-state index contributed by atoms with van der Waals surface area (Å²) in [5.74, 6) is -0.296. The van der Waals surface area contributed by atoms with E-state index in [0.29, 0.717) is 12.0 Å².